The van der Waals surface area contributed by atoms with Crippen LogP contribution < -0.4 is 5.56 Å². The fraction of sp³-hybridized carbons (Fsp3) is 0.438. The molecule has 2 saturated carbocycles. The van der Waals surface area contributed by atoms with E-state index < -0.39 is 5.97 Å². The lowest BCUT2D eigenvalue weighted by Crippen LogP contribution is -2.49. The minimum Gasteiger partial charge on any atom is -0.481 e. The summed E-state index contributed by atoms with van der Waals surface area (Å²) in [5.74, 6) is -0.496. The van der Waals surface area contributed by atoms with Crippen molar-refractivity contribution in [3.63, 3.8) is 0 Å². The topological polar surface area (TPSA) is 83.0 Å². The second-order valence-electron chi connectivity index (χ2n) is 6.53. The molecule has 0 saturated heterocycles. The number of carboxylic acids is 1. The normalized spacial score (nSPS) is 30.9. The van der Waals surface area contributed by atoms with Gasteiger partial charge in [-0.15, -0.1) is 0 Å². The molecule has 0 bridgehead atoms. The summed E-state index contributed by atoms with van der Waals surface area (Å²) in [6.45, 7) is 0. The van der Waals surface area contributed by atoms with Gasteiger partial charge in [0.25, 0.3) is 5.56 Å². The van der Waals surface area contributed by atoms with Crippen molar-refractivity contribution in [3.8, 4) is 0 Å². The Morgan fingerprint density at radius 2 is 1.86 bits per heavy atom. The van der Waals surface area contributed by atoms with Gasteiger partial charge in [-0.05, 0) is 37.2 Å². The molecular weight excluding hydrogens is 268 g/mol. The summed E-state index contributed by atoms with van der Waals surface area (Å²) in [5, 5.41) is 17.4. The molecule has 2 N–H and O–H groups in total. The summed E-state index contributed by atoms with van der Waals surface area (Å²) in [6, 6.07) is 7.54. The first-order valence-electron chi connectivity index (χ1n) is 7.28. The average Bonchev–Trinajstić information content (AvgIpc) is 2.38. The fourth-order valence-corrected chi connectivity index (χ4v) is 4.12. The first-order valence-corrected chi connectivity index (χ1v) is 7.28. The number of nitrogens with zero attached hydrogens (tertiary/aromatic N) is 1. The fourth-order valence-electron chi connectivity index (χ4n) is 4.12. The van der Waals surface area contributed by atoms with Crippen molar-refractivity contribution in [1.29, 1.82) is 0 Å². The maximum atomic E-state index is 11.8. The number of benzene rings is 1. The molecule has 2 aromatic rings. The number of aromatic nitrogens is 2. The third-order valence-corrected chi connectivity index (χ3v) is 5.18. The molecule has 21 heavy (non-hydrogen) atoms. The van der Waals surface area contributed by atoms with E-state index in [4.69, 9.17) is 5.11 Å². The van der Waals surface area contributed by atoms with E-state index in [1.54, 1.807) is 0 Å². The van der Waals surface area contributed by atoms with Crippen LogP contribution >= 0.6 is 0 Å². The first-order chi connectivity index (χ1) is 10.1. The SMILES string of the molecule is O=C(O)C1CC2(C1)CC(c1n[nH]c(=O)c3ccccc13)C2. The van der Waals surface area contributed by atoms with Gasteiger partial charge in [0.2, 0.25) is 0 Å². The molecule has 0 aliphatic heterocycles. The largest absolute Gasteiger partial charge is 0.481 e. The van der Waals surface area contributed by atoms with E-state index in [1.165, 1.54) is 0 Å². The number of H-pyrrole nitrogens is 1. The van der Waals surface area contributed by atoms with Crippen LogP contribution in [0.25, 0.3) is 10.8 Å². The Labute approximate surface area is 121 Å². The molecule has 1 aromatic heterocycles. The molecule has 1 heterocycles. The van der Waals surface area contributed by atoms with Crippen molar-refractivity contribution in [2.75, 3.05) is 0 Å². The zero-order chi connectivity index (χ0) is 14.6. The molecule has 2 aliphatic rings. The Morgan fingerprint density at radius 3 is 2.52 bits per heavy atom. The number of nitrogens with one attached hydrogen (secondary N) is 1. The minimum atomic E-state index is -0.670. The summed E-state index contributed by atoms with van der Waals surface area (Å²) < 4.78 is 0. The van der Waals surface area contributed by atoms with E-state index in [-0.39, 0.29) is 16.9 Å². The molecule has 1 spiro atoms. The summed E-state index contributed by atoms with van der Waals surface area (Å²) in [7, 11) is 0. The van der Waals surface area contributed by atoms with Crippen LogP contribution in [0, 0.1) is 11.3 Å². The van der Waals surface area contributed by atoms with E-state index in [0.29, 0.717) is 11.3 Å². The maximum absolute atomic E-state index is 11.8. The number of hydrogen-bond acceptors (Lipinski definition) is 3. The predicted octanol–water partition coefficient (Wildman–Crippen LogP) is 2.28. The molecule has 0 atom stereocenters. The zero-order valence-electron chi connectivity index (χ0n) is 11.5. The number of aliphatic carboxylic acids is 1. The van der Waals surface area contributed by atoms with Gasteiger partial charge in [-0.25, -0.2) is 5.10 Å². The van der Waals surface area contributed by atoms with Gasteiger partial charge >= 0.3 is 5.97 Å². The highest BCUT2D eigenvalue weighted by Crippen LogP contribution is 2.64. The Hall–Kier alpha value is -2.17. The van der Waals surface area contributed by atoms with E-state index in [9.17, 15) is 9.59 Å². The molecule has 0 amide bonds. The Morgan fingerprint density at radius 1 is 1.19 bits per heavy atom. The molecule has 4 rings (SSSR count). The molecule has 2 aliphatic carbocycles. The van der Waals surface area contributed by atoms with Gasteiger partial charge < -0.3 is 5.11 Å². The molecule has 2 fully saturated rings. The van der Waals surface area contributed by atoms with E-state index in [0.717, 1.165) is 36.8 Å². The van der Waals surface area contributed by atoms with Crippen molar-refractivity contribution in [3.05, 3.63) is 40.3 Å². The van der Waals surface area contributed by atoms with E-state index in [2.05, 4.69) is 10.2 Å². The highest BCUT2D eigenvalue weighted by molar-refractivity contribution is 5.84. The lowest BCUT2D eigenvalue weighted by Gasteiger charge is -2.56. The van der Waals surface area contributed by atoms with Gasteiger partial charge in [0.1, 0.15) is 0 Å². The van der Waals surface area contributed by atoms with Crippen LogP contribution in [0.5, 0.6) is 0 Å². The van der Waals surface area contributed by atoms with Gasteiger partial charge in [0.15, 0.2) is 0 Å². The second-order valence-corrected chi connectivity index (χ2v) is 6.53. The van der Waals surface area contributed by atoms with Crippen LogP contribution in [0.4, 0.5) is 0 Å². The van der Waals surface area contributed by atoms with Crippen LogP contribution in [0.1, 0.15) is 37.3 Å². The lowest BCUT2D eigenvalue weighted by atomic mass is 9.47. The molecule has 5 heteroatoms. The third kappa shape index (κ3) is 1.80. The number of aromatic amines is 1. The quantitative estimate of drug-likeness (QED) is 0.886. The highest BCUT2D eigenvalue weighted by Gasteiger charge is 2.55. The standard InChI is InChI=1S/C16H16N2O3/c19-14-12-4-2-1-3-11(12)13(17-18-14)9-5-16(6-9)7-10(8-16)15(20)21/h1-4,9-10H,5-8H2,(H,18,19)(H,20,21). The second kappa shape index (κ2) is 4.16. The van der Waals surface area contributed by atoms with Crippen molar-refractivity contribution < 1.29 is 9.90 Å². The summed E-state index contributed by atoms with van der Waals surface area (Å²) in [4.78, 5) is 22.7. The van der Waals surface area contributed by atoms with Gasteiger partial charge in [-0.3, -0.25) is 9.59 Å². The van der Waals surface area contributed by atoms with Crippen LogP contribution in [0.15, 0.2) is 29.1 Å². The van der Waals surface area contributed by atoms with Crippen molar-refractivity contribution >= 4 is 16.7 Å². The Bertz CT molecular complexity index is 781. The van der Waals surface area contributed by atoms with Gasteiger partial charge in [-0.1, -0.05) is 18.2 Å². The van der Waals surface area contributed by atoms with Crippen LogP contribution in [0.2, 0.25) is 0 Å². The minimum absolute atomic E-state index is 0.155. The maximum Gasteiger partial charge on any atom is 0.306 e. The van der Waals surface area contributed by atoms with Gasteiger partial charge in [-0.2, -0.15) is 5.10 Å². The summed E-state index contributed by atoms with van der Waals surface area (Å²) in [5.41, 5.74) is 1.01. The molecule has 0 radical (unpaired) electrons. The van der Waals surface area contributed by atoms with Gasteiger partial charge in [0.05, 0.1) is 17.0 Å². The molecular formula is C16H16N2O3. The highest BCUT2D eigenvalue weighted by atomic mass is 16.4. The first kappa shape index (κ1) is 12.6. The number of carbonyl (C=O) groups is 1. The number of fused-ring (bicyclic) bond motifs is 1. The summed E-state index contributed by atoms with van der Waals surface area (Å²) in [6.07, 6.45) is 3.56. The average molecular weight is 284 g/mol. The Balaban J connectivity index is 1.59. The van der Waals surface area contributed by atoms with E-state index in [1.807, 2.05) is 24.3 Å². The van der Waals surface area contributed by atoms with Crippen molar-refractivity contribution in [2.24, 2.45) is 11.3 Å². The number of hydrogen-bond donors (Lipinski definition) is 2. The number of rotatable bonds is 2. The monoisotopic (exact) mass is 284 g/mol. The zero-order valence-corrected chi connectivity index (χ0v) is 11.5. The van der Waals surface area contributed by atoms with Crippen LogP contribution in [-0.2, 0) is 4.79 Å². The van der Waals surface area contributed by atoms with Crippen molar-refractivity contribution in [1.82, 2.24) is 10.2 Å². The molecule has 1 aromatic carbocycles. The molecule has 108 valence electrons. The molecule has 5 nitrogen and oxygen atoms in total. The van der Waals surface area contributed by atoms with Crippen LogP contribution in [0.3, 0.4) is 0 Å². The van der Waals surface area contributed by atoms with Gasteiger partial charge in [0, 0.05) is 11.3 Å². The predicted molar refractivity (Wildman–Crippen MR) is 77.1 cm³/mol. The number of carboxylic acid groups (broad SMARTS) is 1. The Kier molecular flexibility index (Phi) is 2.49. The smallest absolute Gasteiger partial charge is 0.306 e. The lowest BCUT2D eigenvalue weighted by molar-refractivity contribution is -0.155. The van der Waals surface area contributed by atoms with E-state index >= 15 is 0 Å². The van der Waals surface area contributed by atoms with Crippen LogP contribution in [-0.4, -0.2) is 21.3 Å². The summed E-state index contributed by atoms with van der Waals surface area (Å²) >= 11 is 0. The van der Waals surface area contributed by atoms with Crippen molar-refractivity contribution in [2.45, 2.75) is 31.6 Å². The molecule has 0 unspecified atom stereocenters. The third-order valence-electron chi connectivity index (χ3n) is 5.18.